The molecule has 2 rings (SSSR count). The standard InChI is InChI=1S/C12H10OS/c13-8-4-3-6-11-9-10-5-1-2-7-12(10)14-11/h1-3,5-9H,4H2. The Balaban J connectivity index is 2.31. The van der Waals surface area contributed by atoms with Gasteiger partial charge < -0.3 is 4.79 Å². The molecule has 0 unspecified atom stereocenters. The van der Waals surface area contributed by atoms with Crippen LogP contribution in [0.3, 0.4) is 0 Å². The third kappa shape index (κ3) is 1.91. The van der Waals surface area contributed by atoms with Crippen molar-refractivity contribution in [1.82, 2.24) is 0 Å². The second-order valence-electron chi connectivity index (χ2n) is 2.99. The predicted molar refractivity (Wildman–Crippen MR) is 61.5 cm³/mol. The third-order valence-electron chi connectivity index (χ3n) is 1.96. The Labute approximate surface area is 86.7 Å². The minimum absolute atomic E-state index is 0.494. The van der Waals surface area contributed by atoms with Crippen molar-refractivity contribution in [2.24, 2.45) is 0 Å². The zero-order valence-corrected chi connectivity index (χ0v) is 8.46. The van der Waals surface area contributed by atoms with Gasteiger partial charge in [0, 0.05) is 16.0 Å². The molecule has 0 bridgehead atoms. The van der Waals surface area contributed by atoms with Crippen LogP contribution in [0.4, 0.5) is 0 Å². The topological polar surface area (TPSA) is 17.1 Å². The average molecular weight is 202 g/mol. The number of hydrogen-bond acceptors (Lipinski definition) is 2. The second-order valence-corrected chi connectivity index (χ2v) is 4.11. The van der Waals surface area contributed by atoms with Crippen molar-refractivity contribution in [3.05, 3.63) is 41.3 Å². The van der Waals surface area contributed by atoms with Crippen LogP contribution >= 0.6 is 11.3 Å². The summed E-state index contributed by atoms with van der Waals surface area (Å²) >= 11 is 1.74. The van der Waals surface area contributed by atoms with E-state index in [4.69, 9.17) is 0 Å². The highest BCUT2D eigenvalue weighted by molar-refractivity contribution is 7.19. The number of benzene rings is 1. The number of thiophene rings is 1. The highest BCUT2D eigenvalue weighted by atomic mass is 32.1. The molecule has 2 heteroatoms. The van der Waals surface area contributed by atoms with Gasteiger partial charge in [0.1, 0.15) is 6.29 Å². The Morgan fingerprint density at radius 3 is 2.93 bits per heavy atom. The van der Waals surface area contributed by atoms with Crippen LogP contribution in [0.5, 0.6) is 0 Å². The van der Waals surface area contributed by atoms with E-state index in [0.29, 0.717) is 6.42 Å². The molecular formula is C12H10OS. The van der Waals surface area contributed by atoms with Crippen LogP contribution in [0.1, 0.15) is 11.3 Å². The van der Waals surface area contributed by atoms with Gasteiger partial charge in [-0.2, -0.15) is 0 Å². The number of hydrogen-bond donors (Lipinski definition) is 0. The summed E-state index contributed by atoms with van der Waals surface area (Å²) in [5.41, 5.74) is 0. The number of allylic oxidation sites excluding steroid dienone is 1. The Morgan fingerprint density at radius 1 is 1.29 bits per heavy atom. The fraction of sp³-hybridized carbons (Fsp3) is 0.0833. The van der Waals surface area contributed by atoms with Gasteiger partial charge in [0.05, 0.1) is 0 Å². The molecule has 70 valence electrons. The number of carbonyl (C=O) groups is 1. The maximum atomic E-state index is 10.1. The van der Waals surface area contributed by atoms with Gasteiger partial charge in [0.2, 0.25) is 0 Å². The van der Waals surface area contributed by atoms with E-state index in [2.05, 4.69) is 18.2 Å². The maximum Gasteiger partial charge on any atom is 0.123 e. The fourth-order valence-electron chi connectivity index (χ4n) is 1.32. The Bertz CT molecular complexity index is 435. The molecule has 0 fully saturated rings. The largest absolute Gasteiger partial charge is 0.303 e. The SMILES string of the molecule is O=CCC=Cc1cc2ccccc2s1. The van der Waals surface area contributed by atoms with Gasteiger partial charge in [0.15, 0.2) is 0 Å². The van der Waals surface area contributed by atoms with Crippen LogP contribution in [0.15, 0.2) is 36.4 Å². The fourth-order valence-corrected chi connectivity index (χ4v) is 2.32. The summed E-state index contributed by atoms with van der Waals surface area (Å²) in [5, 5.41) is 1.27. The van der Waals surface area contributed by atoms with Gasteiger partial charge >= 0.3 is 0 Å². The zero-order chi connectivity index (χ0) is 9.80. The molecule has 0 aliphatic rings. The van der Waals surface area contributed by atoms with E-state index in [0.717, 1.165) is 6.29 Å². The molecule has 0 saturated heterocycles. The number of fused-ring (bicyclic) bond motifs is 1. The second kappa shape index (κ2) is 4.20. The number of rotatable bonds is 3. The van der Waals surface area contributed by atoms with Crippen LogP contribution in [-0.4, -0.2) is 6.29 Å². The molecule has 0 aliphatic carbocycles. The minimum atomic E-state index is 0.494. The lowest BCUT2D eigenvalue weighted by Crippen LogP contribution is -1.64. The molecule has 1 aromatic heterocycles. The van der Waals surface area contributed by atoms with E-state index in [1.807, 2.05) is 24.3 Å². The van der Waals surface area contributed by atoms with E-state index < -0.39 is 0 Å². The van der Waals surface area contributed by atoms with Crippen LogP contribution < -0.4 is 0 Å². The summed E-state index contributed by atoms with van der Waals surface area (Å²) in [5.74, 6) is 0. The Kier molecular flexibility index (Phi) is 2.75. The van der Waals surface area contributed by atoms with Crippen molar-refractivity contribution in [1.29, 1.82) is 0 Å². The summed E-state index contributed by atoms with van der Waals surface area (Å²) in [6.45, 7) is 0. The van der Waals surface area contributed by atoms with E-state index in [1.165, 1.54) is 15.0 Å². The molecule has 0 aliphatic heterocycles. The van der Waals surface area contributed by atoms with Gasteiger partial charge in [-0.1, -0.05) is 24.3 Å². The lowest BCUT2D eigenvalue weighted by atomic mass is 10.2. The molecule has 0 radical (unpaired) electrons. The molecular weight excluding hydrogens is 192 g/mol. The van der Waals surface area contributed by atoms with E-state index in [1.54, 1.807) is 11.3 Å². The first-order valence-corrected chi connectivity index (χ1v) is 5.30. The van der Waals surface area contributed by atoms with Crippen LogP contribution in [0, 0.1) is 0 Å². The molecule has 0 spiro atoms. The highest BCUT2D eigenvalue weighted by Gasteiger charge is 1.96. The van der Waals surface area contributed by atoms with Crippen molar-refractivity contribution in [3.63, 3.8) is 0 Å². The first-order chi connectivity index (χ1) is 6.90. The van der Waals surface area contributed by atoms with Gasteiger partial charge in [-0.25, -0.2) is 0 Å². The molecule has 14 heavy (non-hydrogen) atoms. The average Bonchev–Trinajstić information content (AvgIpc) is 2.60. The lowest BCUT2D eigenvalue weighted by molar-refractivity contribution is -0.107. The Morgan fingerprint density at radius 2 is 2.14 bits per heavy atom. The summed E-state index contributed by atoms with van der Waals surface area (Å²) in [6, 6.07) is 10.4. The van der Waals surface area contributed by atoms with Gasteiger partial charge in [-0.3, -0.25) is 0 Å². The first kappa shape index (κ1) is 9.16. The summed E-state index contributed by atoms with van der Waals surface area (Å²) in [7, 11) is 0. The smallest absolute Gasteiger partial charge is 0.123 e. The van der Waals surface area contributed by atoms with Gasteiger partial charge in [-0.15, -0.1) is 11.3 Å². The van der Waals surface area contributed by atoms with Crippen LogP contribution in [-0.2, 0) is 4.79 Å². The number of aldehydes is 1. The minimum Gasteiger partial charge on any atom is -0.303 e. The Hall–Kier alpha value is -1.41. The van der Waals surface area contributed by atoms with Crippen molar-refractivity contribution in [2.45, 2.75) is 6.42 Å². The monoisotopic (exact) mass is 202 g/mol. The normalized spacial score (nSPS) is 11.1. The van der Waals surface area contributed by atoms with Crippen LogP contribution in [0.2, 0.25) is 0 Å². The van der Waals surface area contributed by atoms with Crippen molar-refractivity contribution < 1.29 is 4.79 Å². The highest BCUT2D eigenvalue weighted by Crippen LogP contribution is 2.25. The molecule has 0 atom stereocenters. The van der Waals surface area contributed by atoms with Gasteiger partial charge in [-0.05, 0) is 23.6 Å². The predicted octanol–water partition coefficient (Wildman–Crippen LogP) is 3.50. The molecule has 0 saturated carbocycles. The van der Waals surface area contributed by atoms with E-state index in [9.17, 15) is 4.79 Å². The van der Waals surface area contributed by atoms with Crippen molar-refractivity contribution in [3.8, 4) is 0 Å². The summed E-state index contributed by atoms with van der Waals surface area (Å²) in [4.78, 5) is 11.3. The molecule has 0 amide bonds. The van der Waals surface area contributed by atoms with Crippen molar-refractivity contribution in [2.75, 3.05) is 0 Å². The maximum absolute atomic E-state index is 10.1. The molecule has 0 N–H and O–H groups in total. The molecule has 1 heterocycles. The van der Waals surface area contributed by atoms with E-state index >= 15 is 0 Å². The third-order valence-corrected chi connectivity index (χ3v) is 3.04. The first-order valence-electron chi connectivity index (χ1n) is 4.49. The number of carbonyl (C=O) groups excluding carboxylic acids is 1. The zero-order valence-electron chi connectivity index (χ0n) is 7.64. The molecule has 1 nitrogen and oxygen atoms in total. The molecule has 2 aromatic rings. The van der Waals surface area contributed by atoms with E-state index in [-0.39, 0.29) is 0 Å². The van der Waals surface area contributed by atoms with Crippen molar-refractivity contribution >= 4 is 33.8 Å². The summed E-state index contributed by atoms with van der Waals surface area (Å²) < 4.78 is 1.29. The van der Waals surface area contributed by atoms with Gasteiger partial charge in [0.25, 0.3) is 0 Å². The van der Waals surface area contributed by atoms with Crippen LogP contribution in [0.25, 0.3) is 16.2 Å². The molecule has 1 aromatic carbocycles. The quantitative estimate of drug-likeness (QED) is 0.696. The summed E-state index contributed by atoms with van der Waals surface area (Å²) in [6.07, 6.45) is 5.29. The lowest BCUT2D eigenvalue weighted by Gasteiger charge is -1.82.